The van der Waals surface area contributed by atoms with Crippen LogP contribution in [0.5, 0.6) is 0 Å². The molecule has 0 radical (unpaired) electrons. The van der Waals surface area contributed by atoms with Gasteiger partial charge in [0.2, 0.25) is 0 Å². The monoisotopic (exact) mass is 247 g/mol. The summed E-state index contributed by atoms with van der Waals surface area (Å²) in [6.07, 6.45) is 0.0233. The van der Waals surface area contributed by atoms with E-state index in [9.17, 15) is 13.2 Å². The van der Waals surface area contributed by atoms with Crippen molar-refractivity contribution in [3.63, 3.8) is 0 Å². The minimum Gasteiger partial charge on any atom is -0.377 e. The lowest BCUT2D eigenvalue weighted by Crippen LogP contribution is -2.26. The summed E-state index contributed by atoms with van der Waals surface area (Å²) in [5.41, 5.74) is 0.366. The van der Waals surface area contributed by atoms with E-state index in [1.165, 1.54) is 0 Å². The smallest absolute Gasteiger partial charge is 0.194 e. The summed E-state index contributed by atoms with van der Waals surface area (Å²) in [5, 5.41) is 2.98. The average molecular weight is 247 g/mol. The predicted octanol–water partition coefficient (Wildman–Crippen LogP) is 2.62. The Bertz CT molecular complexity index is 348. The zero-order valence-electron chi connectivity index (χ0n) is 9.90. The Kier molecular flexibility index (Phi) is 5.44. The molecular weight excluding hydrogens is 231 g/mol. The minimum atomic E-state index is -1.43. The van der Waals surface area contributed by atoms with E-state index < -0.39 is 17.5 Å². The van der Waals surface area contributed by atoms with E-state index in [0.29, 0.717) is 18.7 Å². The van der Waals surface area contributed by atoms with E-state index in [1.54, 1.807) is 0 Å². The third-order valence-electron chi connectivity index (χ3n) is 2.26. The first kappa shape index (κ1) is 14.0. The maximum absolute atomic E-state index is 12.9. The second-order valence-electron chi connectivity index (χ2n) is 3.77. The lowest BCUT2D eigenvalue weighted by molar-refractivity contribution is 0.0759. The van der Waals surface area contributed by atoms with E-state index in [0.717, 1.165) is 12.1 Å². The van der Waals surface area contributed by atoms with Gasteiger partial charge in [-0.2, -0.15) is 0 Å². The van der Waals surface area contributed by atoms with Crippen LogP contribution >= 0.6 is 0 Å². The molecule has 17 heavy (non-hydrogen) atoms. The van der Waals surface area contributed by atoms with Gasteiger partial charge in [-0.3, -0.25) is 0 Å². The molecule has 2 nitrogen and oxygen atoms in total. The first-order valence-electron chi connectivity index (χ1n) is 5.50. The van der Waals surface area contributed by atoms with Crippen LogP contribution in [0.4, 0.5) is 13.2 Å². The molecule has 1 aromatic carbocycles. The van der Waals surface area contributed by atoms with E-state index in [4.69, 9.17) is 4.74 Å². The molecule has 0 aromatic heterocycles. The first-order valence-corrected chi connectivity index (χ1v) is 5.50. The van der Waals surface area contributed by atoms with Gasteiger partial charge in [0, 0.05) is 19.7 Å². The molecule has 0 aliphatic rings. The number of ether oxygens (including phenoxy) is 1. The Morgan fingerprint density at radius 2 is 1.82 bits per heavy atom. The van der Waals surface area contributed by atoms with Gasteiger partial charge >= 0.3 is 0 Å². The van der Waals surface area contributed by atoms with Gasteiger partial charge in [0.1, 0.15) is 0 Å². The first-order chi connectivity index (χ1) is 8.04. The van der Waals surface area contributed by atoms with Crippen LogP contribution in [-0.2, 0) is 11.3 Å². The Labute approximate surface area is 98.8 Å². The third kappa shape index (κ3) is 4.36. The molecule has 1 N–H and O–H groups in total. The lowest BCUT2D eigenvalue weighted by Gasteiger charge is -2.12. The van der Waals surface area contributed by atoms with Crippen LogP contribution in [0.2, 0.25) is 0 Å². The van der Waals surface area contributed by atoms with E-state index in [1.807, 2.05) is 13.8 Å². The molecule has 1 rings (SSSR count). The molecule has 0 heterocycles. The third-order valence-corrected chi connectivity index (χ3v) is 2.26. The van der Waals surface area contributed by atoms with Crippen LogP contribution in [-0.4, -0.2) is 19.3 Å². The molecule has 0 aliphatic carbocycles. The van der Waals surface area contributed by atoms with Crippen molar-refractivity contribution in [2.45, 2.75) is 26.5 Å². The number of nitrogens with one attached hydrogen (secondary N) is 1. The Morgan fingerprint density at radius 3 is 2.35 bits per heavy atom. The fourth-order valence-corrected chi connectivity index (χ4v) is 1.47. The molecule has 0 fully saturated rings. The summed E-state index contributed by atoms with van der Waals surface area (Å²) in [6.45, 7) is 5.23. The van der Waals surface area contributed by atoms with E-state index >= 15 is 0 Å². The summed E-state index contributed by atoms with van der Waals surface area (Å²) in [5.74, 6) is -3.77. The topological polar surface area (TPSA) is 21.3 Å². The quantitative estimate of drug-likeness (QED) is 0.780. The van der Waals surface area contributed by atoms with Crippen molar-refractivity contribution in [2.24, 2.45) is 0 Å². The second kappa shape index (κ2) is 6.61. The van der Waals surface area contributed by atoms with Crippen molar-refractivity contribution in [3.05, 3.63) is 35.1 Å². The summed E-state index contributed by atoms with van der Waals surface area (Å²) < 4.78 is 43.7. The van der Waals surface area contributed by atoms with Crippen molar-refractivity contribution >= 4 is 0 Å². The molecule has 0 aliphatic heterocycles. The van der Waals surface area contributed by atoms with Crippen LogP contribution < -0.4 is 5.32 Å². The molecule has 0 saturated carbocycles. The lowest BCUT2D eigenvalue weighted by atomic mass is 10.2. The summed E-state index contributed by atoms with van der Waals surface area (Å²) in [4.78, 5) is 0. The molecular formula is C12H16F3NO. The molecule has 0 amide bonds. The summed E-state index contributed by atoms with van der Waals surface area (Å²) in [6, 6.07) is 1.97. The fraction of sp³-hybridized carbons (Fsp3) is 0.500. The number of halogens is 3. The standard InChI is InChI=1S/C12H16F3NO/c1-3-17-8(2)6-16-7-9-4-10(13)12(15)11(14)5-9/h4-5,8,16H,3,6-7H2,1-2H3. The van der Waals surface area contributed by atoms with Crippen molar-refractivity contribution in [1.29, 1.82) is 0 Å². The highest BCUT2D eigenvalue weighted by Gasteiger charge is 2.10. The van der Waals surface area contributed by atoms with Crippen molar-refractivity contribution in [1.82, 2.24) is 5.32 Å². The highest BCUT2D eigenvalue weighted by molar-refractivity contribution is 5.19. The second-order valence-corrected chi connectivity index (χ2v) is 3.77. The van der Waals surface area contributed by atoms with Gasteiger partial charge in [-0.1, -0.05) is 0 Å². The maximum Gasteiger partial charge on any atom is 0.194 e. The van der Waals surface area contributed by atoms with Crippen LogP contribution in [0.3, 0.4) is 0 Å². The van der Waals surface area contributed by atoms with E-state index in [2.05, 4.69) is 5.32 Å². The molecule has 0 saturated heterocycles. The average Bonchev–Trinajstić information content (AvgIpc) is 2.26. The van der Waals surface area contributed by atoms with Gasteiger partial charge in [0.05, 0.1) is 6.10 Å². The molecule has 1 aromatic rings. The highest BCUT2D eigenvalue weighted by atomic mass is 19.2. The Morgan fingerprint density at radius 1 is 1.24 bits per heavy atom. The van der Waals surface area contributed by atoms with Gasteiger partial charge in [-0.05, 0) is 31.5 Å². The van der Waals surface area contributed by atoms with Gasteiger partial charge in [-0.15, -0.1) is 0 Å². The zero-order chi connectivity index (χ0) is 12.8. The molecule has 1 unspecified atom stereocenters. The molecule has 0 spiro atoms. The van der Waals surface area contributed by atoms with Gasteiger partial charge in [0.25, 0.3) is 0 Å². The van der Waals surface area contributed by atoms with Gasteiger partial charge in [0.15, 0.2) is 17.5 Å². The van der Waals surface area contributed by atoms with Crippen LogP contribution in [0.1, 0.15) is 19.4 Å². The molecule has 5 heteroatoms. The van der Waals surface area contributed by atoms with Crippen LogP contribution in [0, 0.1) is 17.5 Å². The largest absolute Gasteiger partial charge is 0.377 e. The van der Waals surface area contributed by atoms with Gasteiger partial charge < -0.3 is 10.1 Å². The van der Waals surface area contributed by atoms with Crippen LogP contribution in [0.25, 0.3) is 0 Å². The van der Waals surface area contributed by atoms with Crippen molar-refractivity contribution in [3.8, 4) is 0 Å². The van der Waals surface area contributed by atoms with Crippen LogP contribution in [0.15, 0.2) is 12.1 Å². The molecule has 1 atom stereocenters. The van der Waals surface area contributed by atoms with Crippen molar-refractivity contribution in [2.75, 3.05) is 13.2 Å². The number of hydrogen-bond donors (Lipinski definition) is 1. The zero-order valence-corrected chi connectivity index (χ0v) is 9.90. The number of hydrogen-bond acceptors (Lipinski definition) is 2. The molecule has 96 valence electrons. The van der Waals surface area contributed by atoms with E-state index in [-0.39, 0.29) is 12.6 Å². The number of benzene rings is 1. The SMILES string of the molecule is CCOC(C)CNCc1cc(F)c(F)c(F)c1. The summed E-state index contributed by atoms with van der Waals surface area (Å²) in [7, 11) is 0. The maximum atomic E-state index is 12.9. The number of rotatable bonds is 6. The normalized spacial score (nSPS) is 12.8. The van der Waals surface area contributed by atoms with Crippen molar-refractivity contribution < 1.29 is 17.9 Å². The predicted molar refractivity (Wildman–Crippen MR) is 59.1 cm³/mol. The van der Waals surface area contributed by atoms with Gasteiger partial charge in [-0.25, -0.2) is 13.2 Å². The fourth-order valence-electron chi connectivity index (χ4n) is 1.47. The minimum absolute atomic E-state index is 0.0233. The highest BCUT2D eigenvalue weighted by Crippen LogP contribution is 2.13. The Balaban J connectivity index is 2.47. The Hall–Kier alpha value is -1.07. The molecule has 0 bridgehead atoms. The summed E-state index contributed by atoms with van der Waals surface area (Å²) >= 11 is 0.